The summed E-state index contributed by atoms with van der Waals surface area (Å²) in [6.07, 6.45) is 3.23. The summed E-state index contributed by atoms with van der Waals surface area (Å²) in [6.45, 7) is 8.50. The average molecular weight is 523 g/mol. The smallest absolute Gasteiger partial charge is 0.407 e. The van der Waals surface area contributed by atoms with Crippen LogP contribution in [0.15, 0.2) is 47.4 Å². The maximum absolute atomic E-state index is 14.0. The van der Waals surface area contributed by atoms with Crippen molar-refractivity contribution in [1.82, 2.24) is 10.2 Å². The standard InChI is InChI=1S/C27H36F2N2O4S/c1-27(2,3)35-26(32)30-18-19-9-12-31(13-10-19)14-11-25(21-15-22(28)17-23(29)16-21)20-5-7-24(8-6-20)36(4,33)34/h5-8,15-17,19,25H,9-14,18H2,1-4H3,(H,30,32). The lowest BCUT2D eigenvalue weighted by molar-refractivity contribution is 0.0509. The summed E-state index contributed by atoms with van der Waals surface area (Å²) in [5, 5.41) is 2.85. The van der Waals surface area contributed by atoms with Crippen molar-refractivity contribution in [3.63, 3.8) is 0 Å². The Morgan fingerprint density at radius 1 is 1.06 bits per heavy atom. The molecule has 2 aromatic rings. The Morgan fingerprint density at radius 2 is 1.64 bits per heavy atom. The minimum Gasteiger partial charge on any atom is -0.444 e. The zero-order chi connectivity index (χ0) is 26.5. The fourth-order valence-electron chi connectivity index (χ4n) is 4.52. The van der Waals surface area contributed by atoms with Crippen LogP contribution < -0.4 is 5.32 Å². The first kappa shape index (κ1) is 28.1. The van der Waals surface area contributed by atoms with Gasteiger partial charge in [0, 0.05) is 24.8 Å². The summed E-state index contributed by atoms with van der Waals surface area (Å²) < 4.78 is 57.0. The first-order chi connectivity index (χ1) is 16.8. The number of nitrogens with zero attached hydrogens (tertiary/aromatic N) is 1. The highest BCUT2D eigenvalue weighted by molar-refractivity contribution is 7.90. The van der Waals surface area contributed by atoms with Gasteiger partial charge in [-0.05, 0) is 101 Å². The monoisotopic (exact) mass is 522 g/mol. The number of carbonyl (C=O) groups excluding carboxylic acids is 1. The van der Waals surface area contributed by atoms with Gasteiger partial charge in [0.15, 0.2) is 9.84 Å². The number of amides is 1. The van der Waals surface area contributed by atoms with Gasteiger partial charge in [0.05, 0.1) is 4.90 Å². The quantitative estimate of drug-likeness (QED) is 0.520. The molecule has 6 nitrogen and oxygen atoms in total. The molecule has 0 aliphatic carbocycles. The van der Waals surface area contributed by atoms with E-state index in [4.69, 9.17) is 4.74 Å². The Labute approximate surface area is 212 Å². The lowest BCUT2D eigenvalue weighted by atomic mass is 9.87. The molecule has 1 aliphatic rings. The van der Waals surface area contributed by atoms with Gasteiger partial charge in [0.1, 0.15) is 17.2 Å². The van der Waals surface area contributed by atoms with Crippen LogP contribution in [0.3, 0.4) is 0 Å². The fraction of sp³-hybridized carbons (Fsp3) is 0.519. The second-order valence-corrected chi connectivity index (χ2v) is 12.6. The summed E-state index contributed by atoms with van der Waals surface area (Å²) in [6, 6.07) is 10.0. The van der Waals surface area contributed by atoms with Crippen molar-refractivity contribution < 1.29 is 26.7 Å². The van der Waals surface area contributed by atoms with E-state index in [1.807, 2.05) is 20.8 Å². The molecule has 36 heavy (non-hydrogen) atoms. The molecule has 9 heteroatoms. The average Bonchev–Trinajstić information content (AvgIpc) is 2.76. The van der Waals surface area contributed by atoms with E-state index in [0.29, 0.717) is 24.4 Å². The summed E-state index contributed by atoms with van der Waals surface area (Å²) in [4.78, 5) is 14.4. The molecule has 1 saturated heterocycles. The van der Waals surface area contributed by atoms with Crippen molar-refractivity contribution in [2.45, 2.75) is 56.4 Å². The summed E-state index contributed by atoms with van der Waals surface area (Å²) in [7, 11) is -3.34. The molecule has 1 amide bonds. The van der Waals surface area contributed by atoms with E-state index in [1.165, 1.54) is 24.3 Å². The normalized spacial score (nSPS) is 16.5. The number of sulfone groups is 1. The Bertz CT molecular complexity index is 1120. The Balaban J connectivity index is 1.62. The summed E-state index contributed by atoms with van der Waals surface area (Å²) in [5.41, 5.74) is 0.805. The number of hydrogen-bond acceptors (Lipinski definition) is 5. The summed E-state index contributed by atoms with van der Waals surface area (Å²) >= 11 is 0. The van der Waals surface area contributed by atoms with Crippen molar-refractivity contribution >= 4 is 15.9 Å². The molecule has 1 fully saturated rings. The zero-order valence-electron chi connectivity index (χ0n) is 21.4. The van der Waals surface area contributed by atoms with Gasteiger partial charge >= 0.3 is 6.09 Å². The first-order valence-electron chi connectivity index (χ1n) is 12.3. The topological polar surface area (TPSA) is 75.7 Å². The largest absolute Gasteiger partial charge is 0.444 e. The first-order valence-corrected chi connectivity index (χ1v) is 14.1. The molecule has 1 heterocycles. The fourth-order valence-corrected chi connectivity index (χ4v) is 5.15. The van der Waals surface area contributed by atoms with Gasteiger partial charge in [0.25, 0.3) is 0 Å². The van der Waals surface area contributed by atoms with Crippen LogP contribution in [-0.4, -0.2) is 57.4 Å². The van der Waals surface area contributed by atoms with Crippen molar-refractivity contribution in [3.05, 3.63) is 65.2 Å². The van der Waals surface area contributed by atoms with Crippen molar-refractivity contribution in [1.29, 1.82) is 0 Å². The number of piperidine rings is 1. The van der Waals surface area contributed by atoms with Crippen molar-refractivity contribution in [3.8, 4) is 0 Å². The highest BCUT2D eigenvalue weighted by Gasteiger charge is 2.24. The third-order valence-electron chi connectivity index (χ3n) is 6.37. The summed E-state index contributed by atoms with van der Waals surface area (Å²) in [5.74, 6) is -1.19. The number of benzene rings is 2. The number of carbonyl (C=O) groups is 1. The second-order valence-electron chi connectivity index (χ2n) is 10.6. The molecule has 1 N–H and O–H groups in total. The van der Waals surface area contributed by atoms with Gasteiger partial charge in [-0.1, -0.05) is 12.1 Å². The van der Waals surface area contributed by atoms with Gasteiger partial charge in [-0.2, -0.15) is 0 Å². The lowest BCUT2D eigenvalue weighted by Gasteiger charge is -2.33. The van der Waals surface area contributed by atoms with Crippen LogP contribution >= 0.6 is 0 Å². The van der Waals surface area contributed by atoms with Crippen LogP contribution in [0.25, 0.3) is 0 Å². The molecule has 2 aromatic carbocycles. The highest BCUT2D eigenvalue weighted by Crippen LogP contribution is 2.31. The number of nitrogens with one attached hydrogen (secondary N) is 1. The molecule has 1 aliphatic heterocycles. The van der Waals surface area contributed by atoms with Crippen LogP contribution in [0, 0.1) is 17.6 Å². The minimum absolute atomic E-state index is 0.206. The molecular formula is C27H36F2N2O4S. The Morgan fingerprint density at radius 3 is 2.17 bits per heavy atom. The molecule has 3 rings (SSSR count). The van der Waals surface area contributed by atoms with Crippen LogP contribution in [0.4, 0.5) is 13.6 Å². The second kappa shape index (κ2) is 11.7. The van der Waals surface area contributed by atoms with E-state index in [2.05, 4.69) is 10.2 Å². The molecule has 198 valence electrons. The maximum Gasteiger partial charge on any atom is 0.407 e. The van der Waals surface area contributed by atoms with E-state index in [-0.39, 0.29) is 10.8 Å². The Kier molecular flexibility index (Phi) is 9.11. The third-order valence-corrected chi connectivity index (χ3v) is 7.50. The van der Waals surface area contributed by atoms with Gasteiger partial charge in [-0.25, -0.2) is 22.0 Å². The number of rotatable bonds is 8. The van der Waals surface area contributed by atoms with Gasteiger partial charge < -0.3 is 15.0 Å². The number of hydrogen-bond donors (Lipinski definition) is 1. The van der Waals surface area contributed by atoms with E-state index in [9.17, 15) is 22.0 Å². The van der Waals surface area contributed by atoms with Crippen LogP contribution in [0.1, 0.15) is 57.1 Å². The minimum atomic E-state index is -3.34. The number of ether oxygens (including phenoxy) is 1. The van der Waals surface area contributed by atoms with Crippen molar-refractivity contribution in [2.24, 2.45) is 5.92 Å². The van der Waals surface area contributed by atoms with Crippen molar-refractivity contribution in [2.75, 3.05) is 32.4 Å². The number of halogens is 2. The SMILES string of the molecule is CC(C)(C)OC(=O)NCC1CCN(CCC(c2ccc(S(C)(=O)=O)cc2)c2cc(F)cc(F)c2)CC1. The third kappa shape index (κ3) is 8.55. The van der Waals surface area contributed by atoms with E-state index >= 15 is 0 Å². The maximum atomic E-state index is 14.0. The van der Waals surface area contributed by atoms with Crippen LogP contribution in [0.2, 0.25) is 0 Å². The molecule has 0 aromatic heterocycles. The lowest BCUT2D eigenvalue weighted by Crippen LogP contribution is -2.40. The van der Waals surface area contributed by atoms with E-state index in [0.717, 1.165) is 50.4 Å². The van der Waals surface area contributed by atoms with Gasteiger partial charge in [0.2, 0.25) is 0 Å². The van der Waals surface area contributed by atoms with Crippen LogP contribution in [-0.2, 0) is 14.6 Å². The van der Waals surface area contributed by atoms with Crippen LogP contribution in [0.5, 0.6) is 0 Å². The molecule has 1 unspecified atom stereocenters. The molecular weight excluding hydrogens is 486 g/mol. The molecule has 0 spiro atoms. The molecule has 1 atom stereocenters. The molecule has 0 bridgehead atoms. The highest BCUT2D eigenvalue weighted by atomic mass is 32.2. The Hall–Kier alpha value is -2.52. The van der Waals surface area contributed by atoms with Gasteiger partial charge in [-0.3, -0.25) is 0 Å². The van der Waals surface area contributed by atoms with E-state index in [1.54, 1.807) is 12.1 Å². The predicted molar refractivity (Wildman–Crippen MR) is 136 cm³/mol. The molecule has 0 radical (unpaired) electrons. The van der Waals surface area contributed by atoms with Gasteiger partial charge in [-0.15, -0.1) is 0 Å². The van der Waals surface area contributed by atoms with E-state index < -0.39 is 33.2 Å². The predicted octanol–water partition coefficient (Wildman–Crippen LogP) is 5.13. The number of likely N-dealkylation sites (tertiary alicyclic amines) is 1. The number of alkyl carbamates (subject to hydrolysis) is 1. The zero-order valence-corrected chi connectivity index (χ0v) is 22.2. The molecule has 0 saturated carbocycles.